The van der Waals surface area contributed by atoms with Crippen LogP contribution in [0, 0.1) is 0 Å². The van der Waals surface area contributed by atoms with Crippen LogP contribution in [-0.2, 0) is 0 Å². The molecule has 5 N–H and O–H groups in total. The molecule has 3 heteroatoms. The first kappa shape index (κ1) is 17.3. The van der Waals surface area contributed by atoms with Gasteiger partial charge in [0.2, 0.25) is 0 Å². The third kappa shape index (κ3) is 15.3. The smallest absolute Gasteiger partial charge is 0.291 e. The van der Waals surface area contributed by atoms with Crippen LogP contribution >= 0.6 is 0 Å². The van der Waals surface area contributed by atoms with Crippen LogP contribution in [0.1, 0.15) is 84.0 Å². The molecule has 0 aliphatic carbocycles. The van der Waals surface area contributed by atoms with Crippen molar-refractivity contribution in [3.8, 4) is 0 Å². The third-order valence-corrected chi connectivity index (χ3v) is 3.36. The van der Waals surface area contributed by atoms with E-state index in [4.69, 9.17) is 11.5 Å². The van der Waals surface area contributed by atoms with Gasteiger partial charge in [-0.1, -0.05) is 77.6 Å². The van der Waals surface area contributed by atoms with Crippen LogP contribution in [0.2, 0.25) is 0 Å². The summed E-state index contributed by atoms with van der Waals surface area (Å²) in [7, 11) is 0. The monoisotopic (exact) mass is 256 g/mol. The second-order valence-corrected chi connectivity index (χ2v) is 5.27. The highest BCUT2D eigenvalue weighted by atomic mass is 15.0. The lowest BCUT2D eigenvalue weighted by molar-refractivity contribution is -0.459. The molecule has 0 atom stereocenters. The van der Waals surface area contributed by atoms with Gasteiger partial charge in [0.1, 0.15) is 0 Å². The molecule has 0 aliphatic heterocycles. The Labute approximate surface area is 113 Å². The molecule has 0 unspecified atom stereocenters. The first-order valence-corrected chi connectivity index (χ1v) is 7.89. The lowest BCUT2D eigenvalue weighted by Crippen LogP contribution is -2.78. The summed E-state index contributed by atoms with van der Waals surface area (Å²) < 4.78 is 0. The molecule has 0 aliphatic rings. The second kappa shape index (κ2) is 14.3. The molecule has 0 fully saturated rings. The molecule has 0 heterocycles. The van der Waals surface area contributed by atoms with Crippen LogP contribution in [0.4, 0.5) is 0 Å². The summed E-state index contributed by atoms with van der Waals surface area (Å²) in [6.07, 6.45) is 16.5. The summed E-state index contributed by atoms with van der Waals surface area (Å²) in [4.78, 5) is 2.95. The van der Waals surface area contributed by atoms with E-state index in [-0.39, 0.29) is 0 Å². The molecular formula is C15H34N3+. The Morgan fingerprint density at radius 2 is 1.06 bits per heavy atom. The maximum absolute atomic E-state index is 5.32. The summed E-state index contributed by atoms with van der Waals surface area (Å²) in [5.74, 6) is 0.345. The molecule has 0 aromatic rings. The van der Waals surface area contributed by atoms with Gasteiger partial charge in [-0.3, -0.25) is 16.5 Å². The zero-order valence-corrected chi connectivity index (χ0v) is 12.3. The van der Waals surface area contributed by atoms with E-state index in [0.717, 1.165) is 6.54 Å². The van der Waals surface area contributed by atoms with Crippen molar-refractivity contribution in [1.29, 1.82) is 0 Å². The van der Waals surface area contributed by atoms with Crippen LogP contribution in [0.15, 0.2) is 0 Å². The molecule has 0 spiro atoms. The van der Waals surface area contributed by atoms with E-state index in [9.17, 15) is 0 Å². The van der Waals surface area contributed by atoms with Crippen molar-refractivity contribution in [2.45, 2.75) is 84.0 Å². The molecule has 0 aromatic heterocycles. The molecule has 18 heavy (non-hydrogen) atoms. The normalized spacial score (nSPS) is 10.5. The lowest BCUT2D eigenvalue weighted by Gasteiger charge is -2.02. The van der Waals surface area contributed by atoms with Crippen molar-refractivity contribution in [3.63, 3.8) is 0 Å². The third-order valence-electron chi connectivity index (χ3n) is 3.36. The standard InChI is InChI=1S/C15H33N3/c1-2-3-4-5-6-7-8-9-10-11-12-13-14-18-15(16)17/h2-14H2,1H3,(H4,16,17,18)/p+1. The summed E-state index contributed by atoms with van der Waals surface area (Å²) in [6, 6.07) is 0. The fraction of sp³-hybridized carbons (Fsp3) is 0.933. The Balaban J connectivity index is 2.97. The molecule has 0 saturated heterocycles. The number of nitrogens with one attached hydrogen (secondary N) is 1. The maximum atomic E-state index is 5.32. The van der Waals surface area contributed by atoms with E-state index in [0.29, 0.717) is 5.96 Å². The van der Waals surface area contributed by atoms with Crippen LogP contribution < -0.4 is 16.5 Å². The zero-order valence-electron chi connectivity index (χ0n) is 12.3. The van der Waals surface area contributed by atoms with Crippen molar-refractivity contribution in [2.75, 3.05) is 6.54 Å². The van der Waals surface area contributed by atoms with Crippen LogP contribution in [0.25, 0.3) is 0 Å². The summed E-state index contributed by atoms with van der Waals surface area (Å²) in [5.41, 5.74) is 10.6. The van der Waals surface area contributed by atoms with E-state index in [1.165, 1.54) is 77.0 Å². The number of hydrogen-bond acceptors (Lipinski definition) is 0. The zero-order chi connectivity index (χ0) is 13.5. The molecule has 0 rings (SSSR count). The van der Waals surface area contributed by atoms with E-state index >= 15 is 0 Å². The number of nitrogens with two attached hydrogens (primary N) is 2. The van der Waals surface area contributed by atoms with Gasteiger partial charge in [-0.15, -0.1) is 0 Å². The van der Waals surface area contributed by atoms with Crippen molar-refractivity contribution < 1.29 is 4.99 Å². The maximum Gasteiger partial charge on any atom is 0.338 e. The van der Waals surface area contributed by atoms with Gasteiger partial charge in [-0.2, -0.15) is 0 Å². The van der Waals surface area contributed by atoms with Gasteiger partial charge in [0.15, 0.2) is 0 Å². The van der Waals surface area contributed by atoms with Gasteiger partial charge < -0.3 is 0 Å². The van der Waals surface area contributed by atoms with E-state index < -0.39 is 0 Å². The second-order valence-electron chi connectivity index (χ2n) is 5.27. The highest BCUT2D eigenvalue weighted by Crippen LogP contribution is 2.11. The molecule has 3 nitrogen and oxygen atoms in total. The van der Waals surface area contributed by atoms with Crippen molar-refractivity contribution in [1.82, 2.24) is 0 Å². The van der Waals surface area contributed by atoms with Crippen LogP contribution in [0.3, 0.4) is 0 Å². The first-order valence-electron chi connectivity index (χ1n) is 7.89. The highest BCUT2D eigenvalue weighted by Gasteiger charge is 1.93. The lowest BCUT2D eigenvalue weighted by atomic mass is 10.1. The topological polar surface area (TPSA) is 66.0 Å². The summed E-state index contributed by atoms with van der Waals surface area (Å²) in [5, 5.41) is 0. The van der Waals surface area contributed by atoms with E-state index in [1.807, 2.05) is 0 Å². The minimum absolute atomic E-state index is 0.345. The largest absolute Gasteiger partial charge is 0.338 e. The van der Waals surface area contributed by atoms with Gasteiger partial charge in [0.05, 0.1) is 6.54 Å². The molecule has 0 aromatic carbocycles. The quantitative estimate of drug-likeness (QED) is 0.268. The number of unbranched alkanes of at least 4 members (excludes halogenated alkanes) is 11. The Bertz CT molecular complexity index is 186. The number of guanidine groups is 1. The van der Waals surface area contributed by atoms with Gasteiger partial charge in [0.25, 0.3) is 0 Å². The Hall–Kier alpha value is -0.730. The van der Waals surface area contributed by atoms with Crippen molar-refractivity contribution in [3.05, 3.63) is 0 Å². The van der Waals surface area contributed by atoms with Gasteiger partial charge in [0, 0.05) is 0 Å². The van der Waals surface area contributed by atoms with Gasteiger partial charge in [-0.05, 0) is 6.42 Å². The van der Waals surface area contributed by atoms with Gasteiger partial charge >= 0.3 is 5.96 Å². The van der Waals surface area contributed by atoms with Crippen LogP contribution in [-0.4, -0.2) is 12.5 Å². The molecule has 0 saturated carbocycles. The van der Waals surface area contributed by atoms with Crippen molar-refractivity contribution in [2.24, 2.45) is 11.5 Å². The average molecular weight is 256 g/mol. The summed E-state index contributed by atoms with van der Waals surface area (Å²) in [6.45, 7) is 3.19. The summed E-state index contributed by atoms with van der Waals surface area (Å²) >= 11 is 0. The molecular weight excluding hydrogens is 222 g/mol. The first-order chi connectivity index (χ1) is 8.77. The predicted molar refractivity (Wildman–Crippen MR) is 80.3 cm³/mol. The van der Waals surface area contributed by atoms with Gasteiger partial charge in [-0.25, -0.2) is 0 Å². The molecule has 0 amide bonds. The fourth-order valence-corrected chi connectivity index (χ4v) is 2.20. The number of rotatable bonds is 13. The Morgan fingerprint density at radius 1 is 0.667 bits per heavy atom. The van der Waals surface area contributed by atoms with E-state index in [2.05, 4.69) is 11.9 Å². The van der Waals surface area contributed by atoms with Crippen molar-refractivity contribution >= 4 is 5.96 Å². The Morgan fingerprint density at radius 3 is 1.44 bits per heavy atom. The number of hydrogen-bond donors (Lipinski definition) is 3. The minimum atomic E-state index is 0.345. The fourth-order valence-electron chi connectivity index (χ4n) is 2.20. The SMILES string of the molecule is CCCCCCCCCCCCCC[NH+]=C(N)N. The molecule has 0 bridgehead atoms. The molecule has 0 radical (unpaired) electrons. The van der Waals surface area contributed by atoms with E-state index in [1.54, 1.807) is 0 Å². The predicted octanol–water partition coefficient (Wildman–Crippen LogP) is 2.04. The average Bonchev–Trinajstić information content (AvgIpc) is 2.34. The highest BCUT2D eigenvalue weighted by molar-refractivity contribution is 5.69. The Kier molecular flexibility index (Phi) is 13.8. The van der Waals surface area contributed by atoms with Crippen LogP contribution in [0.5, 0.6) is 0 Å². The molecule has 108 valence electrons. The minimum Gasteiger partial charge on any atom is -0.291 e.